The van der Waals surface area contributed by atoms with Crippen molar-refractivity contribution in [3.63, 3.8) is 0 Å². The topological polar surface area (TPSA) is 32.3 Å². The Labute approximate surface area is 138 Å². The molecule has 2 aromatic rings. The summed E-state index contributed by atoms with van der Waals surface area (Å²) in [6.45, 7) is 4.11. The van der Waals surface area contributed by atoms with Crippen molar-refractivity contribution in [2.45, 2.75) is 13.0 Å². The number of hydrogen-bond acceptors (Lipinski definition) is 2. The van der Waals surface area contributed by atoms with Crippen molar-refractivity contribution in [2.75, 3.05) is 19.6 Å². The molecule has 0 aromatic heterocycles. The number of carbonyl (C=O) groups excluding carboxylic acids is 1. The Hall–Kier alpha value is -2.34. The monoisotopic (exact) mass is 334 g/mol. The van der Waals surface area contributed by atoms with Crippen molar-refractivity contribution in [3.05, 3.63) is 59.4 Å². The van der Waals surface area contributed by atoms with Gasteiger partial charge in [0.1, 0.15) is 0 Å². The summed E-state index contributed by atoms with van der Waals surface area (Å²) >= 11 is 0. The molecule has 0 aliphatic carbocycles. The van der Waals surface area contributed by atoms with Gasteiger partial charge in [-0.2, -0.15) is 0 Å². The molecule has 1 aliphatic rings. The van der Waals surface area contributed by atoms with Gasteiger partial charge >= 0.3 is 0 Å². The highest BCUT2D eigenvalue weighted by atomic mass is 19.2. The Kier molecular flexibility index (Phi) is 4.57. The zero-order chi connectivity index (χ0) is 17.3. The van der Waals surface area contributed by atoms with Crippen LogP contribution in [0, 0.1) is 17.5 Å². The smallest absolute Gasteiger partial charge is 0.254 e. The minimum Gasteiger partial charge on any atom is -0.333 e. The third-order valence-electron chi connectivity index (χ3n) is 4.21. The van der Waals surface area contributed by atoms with Gasteiger partial charge in [0, 0.05) is 31.2 Å². The first-order valence-corrected chi connectivity index (χ1v) is 7.74. The summed E-state index contributed by atoms with van der Waals surface area (Å²) < 4.78 is 39.7. The fourth-order valence-electron chi connectivity index (χ4n) is 2.84. The van der Waals surface area contributed by atoms with Gasteiger partial charge in [-0.1, -0.05) is 12.1 Å². The number of benzene rings is 2. The van der Waals surface area contributed by atoms with E-state index in [2.05, 4.69) is 5.32 Å². The highest BCUT2D eigenvalue weighted by molar-refractivity contribution is 5.95. The molecule has 126 valence electrons. The molecular weight excluding hydrogens is 317 g/mol. The van der Waals surface area contributed by atoms with E-state index in [0.29, 0.717) is 17.7 Å². The molecule has 6 heteroatoms. The first kappa shape index (κ1) is 16.5. The normalized spacial score (nSPS) is 17.8. The van der Waals surface area contributed by atoms with Crippen LogP contribution < -0.4 is 5.32 Å². The van der Waals surface area contributed by atoms with Crippen LogP contribution in [0.25, 0.3) is 11.1 Å². The van der Waals surface area contributed by atoms with Gasteiger partial charge in [-0.05, 0) is 42.3 Å². The molecule has 1 fully saturated rings. The maximum atomic E-state index is 13.3. The van der Waals surface area contributed by atoms with Gasteiger partial charge in [-0.3, -0.25) is 4.79 Å². The second-order valence-electron chi connectivity index (χ2n) is 5.88. The Morgan fingerprint density at radius 3 is 2.29 bits per heavy atom. The quantitative estimate of drug-likeness (QED) is 0.856. The Morgan fingerprint density at radius 1 is 1.08 bits per heavy atom. The summed E-state index contributed by atoms with van der Waals surface area (Å²) in [6.07, 6.45) is 0. The van der Waals surface area contributed by atoms with Crippen LogP contribution in [-0.2, 0) is 0 Å². The van der Waals surface area contributed by atoms with Crippen molar-refractivity contribution in [1.29, 1.82) is 0 Å². The minimum atomic E-state index is -1.49. The zero-order valence-corrected chi connectivity index (χ0v) is 13.2. The number of carbonyl (C=O) groups is 1. The molecule has 3 rings (SSSR count). The molecule has 1 aliphatic heterocycles. The molecule has 3 nitrogen and oxygen atoms in total. The van der Waals surface area contributed by atoms with E-state index in [-0.39, 0.29) is 17.5 Å². The van der Waals surface area contributed by atoms with Gasteiger partial charge in [-0.15, -0.1) is 0 Å². The number of nitrogens with one attached hydrogen (secondary N) is 1. The molecule has 0 bridgehead atoms. The van der Waals surface area contributed by atoms with Crippen LogP contribution in [0.5, 0.6) is 0 Å². The lowest BCUT2D eigenvalue weighted by Crippen LogP contribution is -2.52. The Bertz CT molecular complexity index is 738. The lowest BCUT2D eigenvalue weighted by Gasteiger charge is -2.34. The lowest BCUT2D eigenvalue weighted by molar-refractivity contribution is 0.0656. The van der Waals surface area contributed by atoms with Crippen molar-refractivity contribution < 1.29 is 18.0 Å². The van der Waals surface area contributed by atoms with E-state index in [0.717, 1.165) is 25.2 Å². The fourth-order valence-corrected chi connectivity index (χ4v) is 2.84. The standard InChI is InChI=1S/C18H17F3N2O/c1-11-10-22-6-7-23(11)18(24)13-4-2-12(3-5-13)14-8-15(19)17(21)16(20)9-14/h2-5,8-9,11,22H,6-7,10H2,1H3/t11-/m0/s1. The van der Waals surface area contributed by atoms with Gasteiger partial charge in [0.25, 0.3) is 5.91 Å². The van der Waals surface area contributed by atoms with E-state index < -0.39 is 17.5 Å². The number of nitrogens with zero attached hydrogens (tertiary/aromatic N) is 1. The number of halogens is 3. The Morgan fingerprint density at radius 2 is 1.71 bits per heavy atom. The number of rotatable bonds is 2. The summed E-state index contributed by atoms with van der Waals surface area (Å²) in [4.78, 5) is 14.3. The van der Waals surface area contributed by atoms with Crippen LogP contribution in [0.1, 0.15) is 17.3 Å². The van der Waals surface area contributed by atoms with Crippen molar-refractivity contribution >= 4 is 5.91 Å². The van der Waals surface area contributed by atoms with Gasteiger partial charge in [0.05, 0.1) is 0 Å². The number of amides is 1. The molecule has 1 amide bonds. The molecule has 24 heavy (non-hydrogen) atoms. The summed E-state index contributed by atoms with van der Waals surface area (Å²) in [7, 11) is 0. The predicted octanol–water partition coefficient (Wildman–Crippen LogP) is 3.20. The first-order valence-electron chi connectivity index (χ1n) is 7.74. The fraction of sp³-hybridized carbons (Fsp3) is 0.278. The molecule has 2 aromatic carbocycles. The second kappa shape index (κ2) is 6.65. The molecule has 1 saturated heterocycles. The molecule has 0 radical (unpaired) electrons. The van der Waals surface area contributed by atoms with Crippen molar-refractivity contribution in [1.82, 2.24) is 10.2 Å². The van der Waals surface area contributed by atoms with Crippen LogP contribution in [0.2, 0.25) is 0 Å². The van der Waals surface area contributed by atoms with E-state index in [9.17, 15) is 18.0 Å². The van der Waals surface area contributed by atoms with Gasteiger partial charge < -0.3 is 10.2 Å². The molecule has 0 unspecified atom stereocenters. The molecule has 0 spiro atoms. The molecule has 1 atom stereocenters. The summed E-state index contributed by atoms with van der Waals surface area (Å²) in [5.74, 6) is -4.04. The van der Waals surface area contributed by atoms with E-state index in [1.54, 1.807) is 29.2 Å². The van der Waals surface area contributed by atoms with Crippen LogP contribution in [0.4, 0.5) is 13.2 Å². The maximum Gasteiger partial charge on any atom is 0.254 e. The summed E-state index contributed by atoms with van der Waals surface area (Å²) in [5.41, 5.74) is 1.24. The Balaban J connectivity index is 1.84. The van der Waals surface area contributed by atoms with Crippen LogP contribution >= 0.6 is 0 Å². The SMILES string of the molecule is C[C@H]1CNCCN1C(=O)c1ccc(-c2cc(F)c(F)c(F)c2)cc1. The van der Waals surface area contributed by atoms with Crippen LogP contribution in [-0.4, -0.2) is 36.5 Å². The third kappa shape index (κ3) is 3.14. The largest absolute Gasteiger partial charge is 0.333 e. The van der Waals surface area contributed by atoms with Gasteiger partial charge in [-0.25, -0.2) is 13.2 Å². The van der Waals surface area contributed by atoms with E-state index >= 15 is 0 Å². The van der Waals surface area contributed by atoms with Crippen LogP contribution in [0.15, 0.2) is 36.4 Å². The minimum absolute atomic E-state index is 0.0768. The van der Waals surface area contributed by atoms with Gasteiger partial charge in [0.2, 0.25) is 0 Å². The summed E-state index contributed by atoms with van der Waals surface area (Å²) in [5, 5.41) is 3.22. The predicted molar refractivity (Wildman–Crippen MR) is 85.1 cm³/mol. The lowest BCUT2D eigenvalue weighted by atomic mass is 10.0. The van der Waals surface area contributed by atoms with E-state index in [1.807, 2.05) is 6.92 Å². The highest BCUT2D eigenvalue weighted by Crippen LogP contribution is 2.24. The second-order valence-corrected chi connectivity index (χ2v) is 5.88. The average Bonchev–Trinajstić information content (AvgIpc) is 2.59. The van der Waals surface area contributed by atoms with Crippen molar-refractivity contribution in [3.8, 4) is 11.1 Å². The van der Waals surface area contributed by atoms with E-state index in [1.165, 1.54) is 0 Å². The molecule has 1 N–H and O–H groups in total. The number of piperazine rings is 1. The van der Waals surface area contributed by atoms with Crippen LogP contribution in [0.3, 0.4) is 0 Å². The maximum absolute atomic E-state index is 13.3. The third-order valence-corrected chi connectivity index (χ3v) is 4.21. The average molecular weight is 334 g/mol. The molecule has 1 heterocycles. The summed E-state index contributed by atoms with van der Waals surface area (Å²) in [6, 6.07) is 8.42. The number of hydrogen-bond donors (Lipinski definition) is 1. The molecular formula is C18H17F3N2O. The zero-order valence-electron chi connectivity index (χ0n) is 13.2. The molecule has 0 saturated carbocycles. The highest BCUT2D eigenvalue weighted by Gasteiger charge is 2.24. The van der Waals surface area contributed by atoms with Gasteiger partial charge in [0.15, 0.2) is 17.5 Å². The first-order chi connectivity index (χ1) is 11.5. The van der Waals surface area contributed by atoms with E-state index in [4.69, 9.17) is 0 Å². The van der Waals surface area contributed by atoms with Crippen molar-refractivity contribution in [2.24, 2.45) is 0 Å².